The molecule has 0 aliphatic rings. The summed E-state index contributed by atoms with van der Waals surface area (Å²) in [7, 11) is 1.76. The van der Waals surface area contributed by atoms with Gasteiger partial charge in [0.15, 0.2) is 0 Å². The summed E-state index contributed by atoms with van der Waals surface area (Å²) in [6.45, 7) is 3.96. The van der Waals surface area contributed by atoms with E-state index in [-0.39, 0.29) is 12.5 Å². The van der Waals surface area contributed by atoms with Gasteiger partial charge in [-0.05, 0) is 25.3 Å². The van der Waals surface area contributed by atoms with Gasteiger partial charge in [-0.15, -0.1) is 16.4 Å². The van der Waals surface area contributed by atoms with Crippen LogP contribution in [0.2, 0.25) is 0 Å². The molecule has 1 amide bonds. The summed E-state index contributed by atoms with van der Waals surface area (Å²) in [5.74, 6) is -0.0504. The predicted octanol–water partition coefficient (Wildman–Crippen LogP) is 1.23. The molecular formula is C13H18N4O2S. The summed E-state index contributed by atoms with van der Waals surface area (Å²) in [6, 6.07) is 3.96. The van der Waals surface area contributed by atoms with E-state index in [2.05, 4.69) is 10.3 Å². The highest BCUT2D eigenvalue weighted by Crippen LogP contribution is 2.16. The van der Waals surface area contributed by atoms with Crippen LogP contribution in [-0.4, -0.2) is 38.0 Å². The maximum atomic E-state index is 12.1. The Morgan fingerprint density at radius 2 is 2.30 bits per heavy atom. The molecule has 2 heterocycles. The number of hydrogen-bond donors (Lipinski definition) is 1. The van der Waals surface area contributed by atoms with E-state index >= 15 is 0 Å². The Hall–Kier alpha value is -1.73. The van der Waals surface area contributed by atoms with Crippen LogP contribution in [0, 0.1) is 0 Å². The van der Waals surface area contributed by atoms with Crippen LogP contribution in [0.3, 0.4) is 0 Å². The average Bonchev–Trinajstić information content (AvgIpc) is 2.98. The Kier molecular flexibility index (Phi) is 4.20. The maximum Gasteiger partial charge on any atom is 0.244 e. The largest absolute Gasteiger partial charge is 0.384 e. The highest BCUT2D eigenvalue weighted by Gasteiger charge is 2.21. The van der Waals surface area contributed by atoms with Gasteiger partial charge in [-0.25, -0.2) is 4.68 Å². The minimum absolute atomic E-state index is 0.0504. The van der Waals surface area contributed by atoms with E-state index in [1.807, 2.05) is 17.5 Å². The lowest BCUT2D eigenvalue weighted by Gasteiger charge is -2.16. The molecule has 108 valence electrons. The zero-order valence-corrected chi connectivity index (χ0v) is 12.6. The smallest absolute Gasteiger partial charge is 0.244 e. The molecule has 0 aliphatic carbocycles. The first kappa shape index (κ1) is 14.7. The maximum absolute atomic E-state index is 12.1. The number of rotatable bonds is 5. The Bertz CT molecular complexity index is 571. The quantitative estimate of drug-likeness (QED) is 0.900. The topological polar surface area (TPSA) is 71.2 Å². The van der Waals surface area contributed by atoms with E-state index in [1.165, 1.54) is 4.68 Å². The number of carbonyl (C=O) groups excluding carboxylic acids is 1. The number of carbonyl (C=O) groups is 1. The van der Waals surface area contributed by atoms with Crippen molar-refractivity contribution in [1.29, 1.82) is 0 Å². The fourth-order valence-electron chi connectivity index (χ4n) is 1.64. The first-order valence-electron chi connectivity index (χ1n) is 6.25. The van der Waals surface area contributed by atoms with Crippen molar-refractivity contribution in [1.82, 2.24) is 19.9 Å². The van der Waals surface area contributed by atoms with E-state index in [9.17, 15) is 9.90 Å². The molecule has 1 N–H and O–H groups in total. The fraction of sp³-hybridized carbons (Fsp3) is 0.462. The van der Waals surface area contributed by atoms with Crippen LogP contribution < -0.4 is 0 Å². The van der Waals surface area contributed by atoms with Gasteiger partial charge in [0.25, 0.3) is 0 Å². The van der Waals surface area contributed by atoms with Gasteiger partial charge in [-0.1, -0.05) is 11.3 Å². The first-order valence-corrected chi connectivity index (χ1v) is 7.13. The van der Waals surface area contributed by atoms with Crippen molar-refractivity contribution in [2.75, 3.05) is 7.05 Å². The number of thiophene rings is 1. The molecule has 2 rings (SSSR count). The van der Waals surface area contributed by atoms with Gasteiger partial charge < -0.3 is 10.0 Å². The minimum atomic E-state index is -1.05. The molecule has 0 saturated heterocycles. The van der Waals surface area contributed by atoms with Crippen LogP contribution in [0.5, 0.6) is 0 Å². The molecule has 20 heavy (non-hydrogen) atoms. The predicted molar refractivity (Wildman–Crippen MR) is 76.1 cm³/mol. The SMILES string of the molecule is CN(Cc1cccs1)C(=O)Cn1cc(C(C)(C)O)nn1. The molecule has 2 aromatic heterocycles. The van der Waals surface area contributed by atoms with E-state index in [4.69, 9.17) is 0 Å². The van der Waals surface area contributed by atoms with Crippen molar-refractivity contribution in [2.24, 2.45) is 0 Å². The van der Waals surface area contributed by atoms with Crippen molar-refractivity contribution in [3.63, 3.8) is 0 Å². The number of aromatic nitrogens is 3. The second-order valence-corrected chi connectivity index (χ2v) is 6.22. The number of hydrogen-bond acceptors (Lipinski definition) is 5. The molecule has 6 nitrogen and oxygen atoms in total. The van der Waals surface area contributed by atoms with E-state index in [1.54, 1.807) is 43.3 Å². The molecule has 0 unspecified atom stereocenters. The van der Waals surface area contributed by atoms with Crippen LogP contribution in [0.15, 0.2) is 23.7 Å². The summed E-state index contributed by atoms with van der Waals surface area (Å²) in [6.07, 6.45) is 1.59. The molecule has 0 bridgehead atoms. The lowest BCUT2D eigenvalue weighted by atomic mass is 10.1. The molecule has 0 fully saturated rings. The van der Waals surface area contributed by atoms with Gasteiger partial charge in [-0.2, -0.15) is 0 Å². The third-order valence-corrected chi connectivity index (χ3v) is 3.72. The second-order valence-electron chi connectivity index (χ2n) is 5.19. The van der Waals surface area contributed by atoms with Crippen LogP contribution in [-0.2, 0) is 23.5 Å². The van der Waals surface area contributed by atoms with Gasteiger partial charge in [-0.3, -0.25) is 4.79 Å². The zero-order valence-electron chi connectivity index (χ0n) is 11.8. The Morgan fingerprint density at radius 1 is 1.55 bits per heavy atom. The zero-order chi connectivity index (χ0) is 14.8. The van der Waals surface area contributed by atoms with Crippen LogP contribution in [0.1, 0.15) is 24.4 Å². The molecule has 0 atom stereocenters. The molecule has 0 radical (unpaired) electrons. The molecule has 0 aliphatic heterocycles. The summed E-state index contributed by atoms with van der Waals surface area (Å²) < 4.78 is 1.44. The van der Waals surface area contributed by atoms with Crippen molar-refractivity contribution in [3.8, 4) is 0 Å². The molecule has 7 heteroatoms. The second kappa shape index (κ2) is 5.72. The van der Waals surface area contributed by atoms with Crippen LogP contribution >= 0.6 is 11.3 Å². The molecule has 0 aromatic carbocycles. The third-order valence-electron chi connectivity index (χ3n) is 2.86. The van der Waals surface area contributed by atoms with E-state index in [0.717, 1.165) is 4.88 Å². The van der Waals surface area contributed by atoms with Gasteiger partial charge in [0.05, 0.1) is 12.7 Å². The highest BCUT2D eigenvalue weighted by atomic mass is 32.1. The van der Waals surface area contributed by atoms with E-state index < -0.39 is 5.60 Å². The summed E-state index contributed by atoms with van der Waals surface area (Å²) in [4.78, 5) is 14.9. The van der Waals surface area contributed by atoms with Gasteiger partial charge >= 0.3 is 0 Å². The Labute approximate surface area is 121 Å². The van der Waals surface area contributed by atoms with Gasteiger partial charge in [0, 0.05) is 11.9 Å². The number of nitrogens with zero attached hydrogens (tertiary/aromatic N) is 4. The lowest BCUT2D eigenvalue weighted by molar-refractivity contribution is -0.131. The molecular weight excluding hydrogens is 276 g/mol. The Morgan fingerprint density at radius 3 is 2.85 bits per heavy atom. The van der Waals surface area contributed by atoms with Crippen LogP contribution in [0.4, 0.5) is 0 Å². The first-order chi connectivity index (χ1) is 9.36. The molecule has 0 spiro atoms. The number of likely N-dealkylation sites (N-methyl/N-ethyl adjacent to an activating group) is 1. The highest BCUT2D eigenvalue weighted by molar-refractivity contribution is 7.09. The Balaban J connectivity index is 1.95. The summed E-state index contributed by atoms with van der Waals surface area (Å²) in [5, 5.41) is 19.5. The number of amides is 1. The monoisotopic (exact) mass is 294 g/mol. The van der Waals surface area contributed by atoms with E-state index in [0.29, 0.717) is 12.2 Å². The average molecular weight is 294 g/mol. The lowest BCUT2D eigenvalue weighted by Crippen LogP contribution is -2.29. The third kappa shape index (κ3) is 3.64. The van der Waals surface area contributed by atoms with Gasteiger partial charge in [0.2, 0.25) is 5.91 Å². The number of aliphatic hydroxyl groups is 1. The minimum Gasteiger partial charge on any atom is -0.384 e. The summed E-state index contributed by atoms with van der Waals surface area (Å²) in [5.41, 5.74) is -0.601. The van der Waals surface area contributed by atoms with Crippen molar-refractivity contribution < 1.29 is 9.90 Å². The van der Waals surface area contributed by atoms with Crippen molar-refractivity contribution >= 4 is 17.2 Å². The summed E-state index contributed by atoms with van der Waals surface area (Å²) >= 11 is 1.62. The molecule has 2 aromatic rings. The standard InChI is InChI=1S/C13H18N4O2S/c1-13(2,19)11-8-17(15-14-11)9-12(18)16(3)7-10-5-4-6-20-10/h4-6,8,19H,7,9H2,1-3H3. The normalized spacial score (nSPS) is 11.6. The van der Waals surface area contributed by atoms with Crippen LogP contribution in [0.25, 0.3) is 0 Å². The molecule has 0 saturated carbocycles. The van der Waals surface area contributed by atoms with Crippen molar-refractivity contribution in [2.45, 2.75) is 32.5 Å². The van der Waals surface area contributed by atoms with Crippen molar-refractivity contribution in [3.05, 3.63) is 34.3 Å². The van der Waals surface area contributed by atoms with Gasteiger partial charge in [0.1, 0.15) is 17.8 Å². The fourth-order valence-corrected chi connectivity index (χ4v) is 2.40.